The van der Waals surface area contributed by atoms with Crippen LogP contribution >= 0.6 is 0 Å². The van der Waals surface area contributed by atoms with E-state index in [9.17, 15) is 0 Å². The standard InChI is InChI=1S/C21H13N.2C20H13N.15C2H6/c1-4-13-10-15-6-2-8-17-12-18-9-3-7-16-11-14(5-1)19(13)22(20(15)17)21(16)18;2*1-3-10-18-14(6-1)12-16-8-5-9-17-13-15-7-2-4-11-19(15)21(18)20(16)17;15*1-2/h1-2,4-8H,10-12H2;1,3,5-11H,12-13H2;1-4,6-8,10-11H,12-13H2;15*1-2H3. The third kappa shape index (κ3) is 19.9. The van der Waals surface area contributed by atoms with Crippen LogP contribution in [0.4, 0.5) is 51.2 Å². The molecule has 0 amide bonds. The second-order valence-corrected chi connectivity index (χ2v) is 17.9. The monoisotopic (exact) mass is 1260 g/mol. The molecule has 0 unspecified atom stereocenters. The van der Waals surface area contributed by atoms with E-state index in [0.717, 1.165) is 44.9 Å². The fourth-order valence-corrected chi connectivity index (χ4v) is 11.7. The van der Waals surface area contributed by atoms with Crippen LogP contribution in [0.2, 0.25) is 0 Å². The summed E-state index contributed by atoms with van der Waals surface area (Å²) in [7, 11) is 0. The van der Waals surface area contributed by atoms with Gasteiger partial charge in [0.1, 0.15) is 0 Å². The Balaban J connectivity index is 0. The minimum absolute atomic E-state index is 0.953. The van der Waals surface area contributed by atoms with E-state index in [4.69, 9.17) is 0 Å². The van der Waals surface area contributed by atoms with Gasteiger partial charge in [-0.05, 0) is 103 Å². The summed E-state index contributed by atoms with van der Waals surface area (Å²) >= 11 is 0. The molecule has 0 N–H and O–H groups in total. The van der Waals surface area contributed by atoms with Gasteiger partial charge in [0, 0.05) is 79.2 Å². The molecule has 9 aromatic rings. The normalized spacial score (nSPS) is 10.7. The van der Waals surface area contributed by atoms with Gasteiger partial charge in [0.15, 0.2) is 0 Å². The molecule has 0 aliphatic carbocycles. The van der Waals surface area contributed by atoms with Crippen molar-refractivity contribution in [3.05, 3.63) is 266 Å². The number of rotatable bonds is 0. The van der Waals surface area contributed by atoms with Gasteiger partial charge in [-0.25, -0.2) is 0 Å². The molecular weight excluding hydrogens is 1140 g/mol. The Labute approximate surface area is 581 Å². The molecule has 508 valence electrons. The molecule has 0 radical (unpaired) electrons. The van der Waals surface area contributed by atoms with E-state index in [0.29, 0.717) is 0 Å². The molecule has 0 saturated heterocycles. The van der Waals surface area contributed by atoms with Gasteiger partial charge in [0.25, 0.3) is 0 Å². The van der Waals surface area contributed by atoms with E-state index >= 15 is 0 Å². The Morgan fingerprint density at radius 2 is 0.426 bits per heavy atom. The maximum absolute atomic E-state index is 3.37. The molecule has 7 aliphatic rings. The summed E-state index contributed by atoms with van der Waals surface area (Å²) in [5.74, 6) is 0. The summed E-state index contributed by atoms with van der Waals surface area (Å²) in [6.45, 7) is 60.0. The van der Waals surface area contributed by atoms with Crippen molar-refractivity contribution in [1.29, 1.82) is 0 Å². The van der Waals surface area contributed by atoms with Gasteiger partial charge in [-0.1, -0.05) is 353 Å². The van der Waals surface area contributed by atoms with Crippen molar-refractivity contribution in [3.8, 4) is 0 Å². The summed E-state index contributed by atoms with van der Waals surface area (Å²) in [6, 6.07) is 74.0. The quantitative estimate of drug-likeness (QED) is 0.150. The molecular formula is C91H129N3. The van der Waals surface area contributed by atoms with Crippen LogP contribution in [0.15, 0.2) is 152 Å². The molecule has 0 bridgehead atoms. The fraction of sp³-hybridized carbons (Fsp3) is 0.407. The zero-order valence-corrected chi connectivity index (χ0v) is 65.2. The Kier molecular flexibility index (Phi) is 48.0. The maximum Gasteiger partial charge on any atom is 0.0622 e. The highest BCUT2D eigenvalue weighted by atomic mass is 15.2. The van der Waals surface area contributed by atoms with Crippen molar-refractivity contribution in [2.24, 2.45) is 0 Å². The average molecular weight is 1270 g/mol. The van der Waals surface area contributed by atoms with Crippen molar-refractivity contribution in [2.45, 2.75) is 253 Å². The largest absolute Gasteiger partial charge is 0.309 e. The molecule has 0 saturated carbocycles. The van der Waals surface area contributed by atoms with Crippen LogP contribution in [0.1, 0.15) is 286 Å². The number of nitrogens with zero attached hydrogens (tertiary/aromatic N) is 3. The second kappa shape index (κ2) is 51.3. The molecule has 94 heavy (non-hydrogen) atoms. The highest BCUT2D eigenvalue weighted by Gasteiger charge is 2.37. The lowest BCUT2D eigenvalue weighted by Gasteiger charge is -2.43. The molecule has 0 fully saturated rings. The molecule has 7 aliphatic heterocycles. The number of hydrogen-bond donors (Lipinski definition) is 0. The van der Waals surface area contributed by atoms with E-state index in [1.165, 1.54) is 129 Å². The highest BCUT2D eigenvalue weighted by Crippen LogP contribution is 2.55. The van der Waals surface area contributed by atoms with Crippen LogP contribution in [0.3, 0.4) is 0 Å². The van der Waals surface area contributed by atoms with Crippen LogP contribution < -0.4 is 14.7 Å². The zero-order valence-electron chi connectivity index (χ0n) is 65.2. The smallest absolute Gasteiger partial charge is 0.0622 e. The first kappa shape index (κ1) is 87.9. The lowest BCUT2D eigenvalue weighted by molar-refractivity contribution is 0.958. The molecule has 9 aromatic carbocycles. The molecule has 7 heterocycles. The van der Waals surface area contributed by atoms with Crippen molar-refractivity contribution < 1.29 is 0 Å². The Hall–Kier alpha value is -8.16. The molecule has 16 rings (SSSR count). The van der Waals surface area contributed by atoms with E-state index in [1.54, 1.807) is 0 Å². The molecule has 3 heteroatoms. The summed E-state index contributed by atoms with van der Waals surface area (Å²) in [6.07, 6.45) is 7.00. The first-order valence-electron chi connectivity index (χ1n) is 37.5. The first-order chi connectivity index (χ1) is 46.7. The summed E-state index contributed by atoms with van der Waals surface area (Å²) < 4.78 is 0. The average Bonchev–Trinajstić information content (AvgIpc) is 0.730. The van der Waals surface area contributed by atoms with Crippen LogP contribution in [0.5, 0.6) is 0 Å². The lowest BCUT2D eigenvalue weighted by atomic mass is 9.81. The number of anilines is 9. The van der Waals surface area contributed by atoms with Crippen molar-refractivity contribution >= 4 is 51.2 Å². The lowest BCUT2D eigenvalue weighted by Crippen LogP contribution is -2.29. The third-order valence-corrected chi connectivity index (χ3v) is 14.3. The van der Waals surface area contributed by atoms with Crippen LogP contribution in [0, 0.1) is 36.4 Å². The first-order valence-corrected chi connectivity index (χ1v) is 37.5. The van der Waals surface area contributed by atoms with E-state index < -0.39 is 0 Å². The number of benzene rings is 6. The topological polar surface area (TPSA) is 9.72 Å². The van der Waals surface area contributed by atoms with E-state index in [1.807, 2.05) is 208 Å². The maximum atomic E-state index is 3.37. The second-order valence-electron chi connectivity index (χ2n) is 17.9. The number of hydrogen-bond acceptors (Lipinski definition) is 3. The number of para-hydroxylation sites is 6. The summed E-state index contributed by atoms with van der Waals surface area (Å²) in [4.78, 5) is 7.33. The minimum atomic E-state index is 0.953. The van der Waals surface area contributed by atoms with Gasteiger partial charge < -0.3 is 14.7 Å². The number of fused-ring (bicyclic) bond motifs is 8. The van der Waals surface area contributed by atoms with Crippen LogP contribution in [-0.2, 0) is 44.9 Å². The van der Waals surface area contributed by atoms with E-state index in [2.05, 4.69) is 203 Å². The van der Waals surface area contributed by atoms with E-state index in [-0.39, 0.29) is 0 Å². The zero-order chi connectivity index (χ0) is 71.9. The molecule has 0 aromatic heterocycles. The Morgan fingerprint density at radius 3 is 0.809 bits per heavy atom. The van der Waals surface area contributed by atoms with Crippen LogP contribution in [-0.4, -0.2) is 0 Å². The van der Waals surface area contributed by atoms with Gasteiger partial charge in [0.05, 0.1) is 34.1 Å². The van der Waals surface area contributed by atoms with Crippen molar-refractivity contribution in [2.75, 3.05) is 14.7 Å². The van der Waals surface area contributed by atoms with Gasteiger partial charge in [0.2, 0.25) is 0 Å². The third-order valence-electron chi connectivity index (χ3n) is 14.3. The summed E-state index contributed by atoms with van der Waals surface area (Å²) in [5.41, 5.74) is 31.5. The fourth-order valence-electron chi connectivity index (χ4n) is 11.7. The molecule has 0 spiro atoms. The van der Waals surface area contributed by atoms with Crippen molar-refractivity contribution in [3.63, 3.8) is 0 Å². The molecule has 3 nitrogen and oxygen atoms in total. The van der Waals surface area contributed by atoms with Gasteiger partial charge >= 0.3 is 0 Å². The van der Waals surface area contributed by atoms with Gasteiger partial charge in [-0.15, -0.1) is 0 Å². The predicted molar refractivity (Wildman–Crippen MR) is 426 cm³/mol. The minimum Gasteiger partial charge on any atom is -0.309 e. The van der Waals surface area contributed by atoms with Crippen molar-refractivity contribution in [1.82, 2.24) is 0 Å². The van der Waals surface area contributed by atoms with Gasteiger partial charge in [-0.2, -0.15) is 0 Å². The molecule has 0 atom stereocenters. The van der Waals surface area contributed by atoms with Crippen LogP contribution in [0.25, 0.3) is 0 Å². The van der Waals surface area contributed by atoms with Gasteiger partial charge in [-0.3, -0.25) is 0 Å². The Bertz CT molecular complexity index is 2940. The highest BCUT2D eigenvalue weighted by molar-refractivity contribution is 5.94. The summed E-state index contributed by atoms with van der Waals surface area (Å²) in [5, 5.41) is 0. The predicted octanol–water partition coefficient (Wildman–Crippen LogP) is 29.0. The Morgan fingerprint density at radius 1 is 0.191 bits per heavy atom. The SMILES string of the molecule is CC.CC.CC.CC.CC.CC.CC.CC.CC.CC.CC.CC.CC.CC.CC.c1cc2c(cc#1)N1c3ccccc3Cc3cccc(c31)C2.c1cc2c3c(c#1)Cc1cccc4c1N3c1c(cccc1C4)C2.c1cc2c3c(c#1)Cc1ccccc1N3c1ccccc1C2.